The predicted molar refractivity (Wildman–Crippen MR) is 75.7 cm³/mol. The van der Waals surface area contributed by atoms with Gasteiger partial charge >= 0.3 is 0 Å². The number of rotatable bonds is 6. The summed E-state index contributed by atoms with van der Waals surface area (Å²) in [6, 6.07) is 8.88. The van der Waals surface area contributed by atoms with Crippen molar-refractivity contribution in [3.63, 3.8) is 0 Å². The molecule has 1 heterocycles. The molecule has 4 heteroatoms. The normalized spacial score (nSPS) is 12.6. The molecule has 4 nitrogen and oxygen atoms in total. The van der Waals surface area contributed by atoms with Gasteiger partial charge in [-0.2, -0.15) is 5.10 Å². The first kappa shape index (κ1) is 13.8. The lowest BCUT2D eigenvalue weighted by molar-refractivity contribution is 0.269. The number of aryl methyl sites for hydroxylation is 1. The van der Waals surface area contributed by atoms with E-state index in [0.717, 1.165) is 12.1 Å². The van der Waals surface area contributed by atoms with Crippen molar-refractivity contribution in [3.8, 4) is 0 Å². The fraction of sp³-hybridized carbons (Fsp3) is 0.400. The van der Waals surface area contributed by atoms with Crippen molar-refractivity contribution >= 4 is 0 Å². The van der Waals surface area contributed by atoms with Crippen molar-refractivity contribution < 1.29 is 5.11 Å². The first-order valence-electron chi connectivity index (χ1n) is 6.61. The molecule has 0 aliphatic rings. The van der Waals surface area contributed by atoms with Gasteiger partial charge in [0.25, 0.3) is 0 Å². The monoisotopic (exact) mass is 259 g/mol. The number of hydrogen-bond acceptors (Lipinski definition) is 3. The molecule has 2 aromatic rings. The minimum Gasteiger partial charge on any atom is -0.394 e. The Kier molecular flexibility index (Phi) is 4.71. The molecule has 1 atom stereocenters. The van der Waals surface area contributed by atoms with Gasteiger partial charge in [0.1, 0.15) is 0 Å². The number of aliphatic hydroxyl groups is 1. The molecule has 0 bridgehead atoms. The Labute approximate surface area is 114 Å². The van der Waals surface area contributed by atoms with Gasteiger partial charge in [0, 0.05) is 24.3 Å². The van der Waals surface area contributed by atoms with Crippen LogP contribution in [0.2, 0.25) is 0 Å². The molecule has 102 valence electrons. The highest BCUT2D eigenvalue weighted by Gasteiger charge is 2.05. The molecule has 19 heavy (non-hydrogen) atoms. The highest BCUT2D eigenvalue weighted by Crippen LogP contribution is 2.13. The van der Waals surface area contributed by atoms with Crippen molar-refractivity contribution in [2.75, 3.05) is 6.61 Å². The first-order valence-corrected chi connectivity index (χ1v) is 6.61. The van der Waals surface area contributed by atoms with Gasteiger partial charge in [0.15, 0.2) is 0 Å². The van der Waals surface area contributed by atoms with E-state index in [1.807, 2.05) is 12.4 Å². The molecule has 0 saturated heterocycles. The van der Waals surface area contributed by atoms with E-state index >= 15 is 0 Å². The lowest BCUT2D eigenvalue weighted by Crippen LogP contribution is -2.17. The highest BCUT2D eigenvalue weighted by atomic mass is 16.3. The number of aromatic nitrogens is 2. The molecule has 2 N–H and O–H groups in total. The Hall–Kier alpha value is -1.65. The summed E-state index contributed by atoms with van der Waals surface area (Å²) < 4.78 is 1.76. The van der Waals surface area contributed by atoms with Gasteiger partial charge in [0.2, 0.25) is 0 Å². The molecule has 0 radical (unpaired) electrons. The highest BCUT2D eigenvalue weighted by molar-refractivity contribution is 5.23. The summed E-state index contributed by atoms with van der Waals surface area (Å²) >= 11 is 0. The zero-order valence-electron chi connectivity index (χ0n) is 11.5. The standard InChI is InChI=1S/C15H21N3O/c1-12-3-5-15(6-4-12)13(2)16-9-14-10-17-18(11-14)7-8-19/h3-6,10-11,13,16,19H,7-9H2,1-2H3/t13-/m1/s1. The molecule has 2 rings (SSSR count). The van der Waals surface area contributed by atoms with E-state index in [-0.39, 0.29) is 6.61 Å². The quantitative estimate of drug-likeness (QED) is 0.834. The number of hydrogen-bond donors (Lipinski definition) is 2. The van der Waals surface area contributed by atoms with E-state index in [4.69, 9.17) is 5.11 Å². The number of nitrogens with one attached hydrogen (secondary N) is 1. The van der Waals surface area contributed by atoms with Crippen LogP contribution in [0, 0.1) is 6.92 Å². The molecule has 0 amide bonds. The Morgan fingerprint density at radius 2 is 2.05 bits per heavy atom. The molecule has 0 unspecified atom stereocenters. The van der Waals surface area contributed by atoms with Crippen LogP contribution < -0.4 is 5.32 Å². The van der Waals surface area contributed by atoms with Crippen LogP contribution in [0.3, 0.4) is 0 Å². The van der Waals surface area contributed by atoms with Gasteiger partial charge in [-0.15, -0.1) is 0 Å². The lowest BCUT2D eigenvalue weighted by Gasteiger charge is -2.13. The Bertz CT molecular complexity index is 504. The Balaban J connectivity index is 1.88. The maximum atomic E-state index is 8.84. The van der Waals surface area contributed by atoms with Crippen LogP contribution >= 0.6 is 0 Å². The second-order valence-electron chi connectivity index (χ2n) is 4.85. The summed E-state index contributed by atoms with van der Waals surface area (Å²) in [7, 11) is 0. The maximum absolute atomic E-state index is 8.84. The largest absolute Gasteiger partial charge is 0.394 e. The van der Waals surface area contributed by atoms with E-state index in [1.165, 1.54) is 11.1 Å². The topological polar surface area (TPSA) is 50.1 Å². The summed E-state index contributed by atoms with van der Waals surface area (Å²) in [5.74, 6) is 0. The Morgan fingerprint density at radius 1 is 1.32 bits per heavy atom. The third kappa shape index (κ3) is 3.91. The van der Waals surface area contributed by atoms with E-state index in [0.29, 0.717) is 12.6 Å². The van der Waals surface area contributed by atoms with Crippen molar-refractivity contribution in [2.24, 2.45) is 0 Å². The predicted octanol–water partition coefficient (Wildman–Crippen LogP) is 2.03. The zero-order valence-corrected chi connectivity index (χ0v) is 11.5. The lowest BCUT2D eigenvalue weighted by atomic mass is 10.1. The summed E-state index contributed by atoms with van der Waals surface area (Å²) in [5, 5.41) is 16.5. The number of nitrogens with zero attached hydrogens (tertiary/aromatic N) is 2. The average molecular weight is 259 g/mol. The van der Waals surface area contributed by atoms with Crippen molar-refractivity contribution in [1.82, 2.24) is 15.1 Å². The summed E-state index contributed by atoms with van der Waals surface area (Å²) in [5.41, 5.74) is 3.70. The Morgan fingerprint density at radius 3 is 2.74 bits per heavy atom. The van der Waals surface area contributed by atoms with Gasteiger partial charge in [-0.3, -0.25) is 4.68 Å². The molecule has 0 spiro atoms. The third-order valence-corrected chi connectivity index (χ3v) is 3.21. The van der Waals surface area contributed by atoms with Gasteiger partial charge < -0.3 is 10.4 Å². The zero-order chi connectivity index (χ0) is 13.7. The first-order chi connectivity index (χ1) is 9.19. The van der Waals surface area contributed by atoms with E-state index < -0.39 is 0 Å². The van der Waals surface area contributed by atoms with Gasteiger partial charge in [-0.25, -0.2) is 0 Å². The molecular weight excluding hydrogens is 238 g/mol. The summed E-state index contributed by atoms with van der Waals surface area (Å²) in [6.45, 7) is 5.70. The third-order valence-electron chi connectivity index (χ3n) is 3.21. The fourth-order valence-corrected chi connectivity index (χ4v) is 1.97. The maximum Gasteiger partial charge on any atom is 0.0640 e. The van der Waals surface area contributed by atoms with E-state index in [2.05, 4.69) is 48.5 Å². The van der Waals surface area contributed by atoms with Gasteiger partial charge in [-0.05, 0) is 19.4 Å². The summed E-state index contributed by atoms with van der Waals surface area (Å²) in [4.78, 5) is 0. The smallest absolute Gasteiger partial charge is 0.0640 e. The van der Waals surface area contributed by atoms with Gasteiger partial charge in [-0.1, -0.05) is 29.8 Å². The molecule has 0 aliphatic heterocycles. The molecule has 0 saturated carbocycles. The van der Waals surface area contributed by atoms with Crippen molar-refractivity contribution in [3.05, 3.63) is 53.3 Å². The molecule has 1 aromatic carbocycles. The number of aliphatic hydroxyl groups excluding tert-OH is 1. The molecular formula is C15H21N3O. The molecule has 0 aliphatic carbocycles. The fourth-order valence-electron chi connectivity index (χ4n) is 1.97. The van der Waals surface area contributed by atoms with Crippen LogP contribution in [-0.4, -0.2) is 21.5 Å². The second kappa shape index (κ2) is 6.50. The van der Waals surface area contributed by atoms with Crippen LogP contribution in [0.1, 0.15) is 29.7 Å². The van der Waals surface area contributed by atoms with Gasteiger partial charge in [0.05, 0.1) is 19.3 Å². The van der Waals surface area contributed by atoms with Crippen LogP contribution in [0.25, 0.3) is 0 Å². The summed E-state index contributed by atoms with van der Waals surface area (Å²) in [6.07, 6.45) is 3.80. The number of benzene rings is 1. The average Bonchev–Trinajstić information content (AvgIpc) is 2.85. The van der Waals surface area contributed by atoms with E-state index in [1.54, 1.807) is 4.68 Å². The molecule has 1 aromatic heterocycles. The minimum absolute atomic E-state index is 0.119. The van der Waals surface area contributed by atoms with Crippen molar-refractivity contribution in [2.45, 2.75) is 33.0 Å². The minimum atomic E-state index is 0.119. The SMILES string of the molecule is Cc1ccc([C@@H](C)NCc2cnn(CCO)c2)cc1. The van der Waals surface area contributed by atoms with Crippen molar-refractivity contribution in [1.29, 1.82) is 0 Å². The molecule has 0 fully saturated rings. The van der Waals surface area contributed by atoms with Crippen LogP contribution in [0.5, 0.6) is 0 Å². The second-order valence-corrected chi connectivity index (χ2v) is 4.85. The van der Waals surface area contributed by atoms with E-state index in [9.17, 15) is 0 Å². The van der Waals surface area contributed by atoms with Crippen LogP contribution in [0.15, 0.2) is 36.7 Å². The van der Waals surface area contributed by atoms with Crippen LogP contribution in [0.4, 0.5) is 0 Å². The van der Waals surface area contributed by atoms with Crippen LogP contribution in [-0.2, 0) is 13.1 Å².